The van der Waals surface area contributed by atoms with Crippen LogP contribution in [0.15, 0.2) is 47.7 Å². The van der Waals surface area contributed by atoms with Crippen molar-refractivity contribution in [3.63, 3.8) is 0 Å². The van der Waals surface area contributed by atoms with Crippen LogP contribution < -0.4 is 5.43 Å². The summed E-state index contributed by atoms with van der Waals surface area (Å²) in [5.74, 6) is -1.14. The van der Waals surface area contributed by atoms with Crippen molar-refractivity contribution < 1.29 is 9.18 Å². The lowest BCUT2D eigenvalue weighted by Gasteiger charge is -2.01. The van der Waals surface area contributed by atoms with Gasteiger partial charge < -0.3 is 4.57 Å². The van der Waals surface area contributed by atoms with Crippen LogP contribution in [-0.4, -0.2) is 16.7 Å². The van der Waals surface area contributed by atoms with E-state index in [1.807, 2.05) is 29.9 Å². The number of carbonyl (C=O) groups is 1. The van der Waals surface area contributed by atoms with Crippen molar-refractivity contribution >= 4 is 12.1 Å². The van der Waals surface area contributed by atoms with E-state index in [2.05, 4.69) is 10.5 Å². The van der Waals surface area contributed by atoms with Gasteiger partial charge in [0, 0.05) is 13.2 Å². The van der Waals surface area contributed by atoms with E-state index in [0.29, 0.717) is 0 Å². The van der Waals surface area contributed by atoms with Gasteiger partial charge in [-0.2, -0.15) is 5.10 Å². The van der Waals surface area contributed by atoms with Gasteiger partial charge in [-0.1, -0.05) is 12.1 Å². The van der Waals surface area contributed by atoms with Crippen molar-refractivity contribution in [2.75, 3.05) is 0 Å². The number of aromatic nitrogens is 1. The predicted molar refractivity (Wildman–Crippen MR) is 66.9 cm³/mol. The topological polar surface area (TPSA) is 46.4 Å². The zero-order chi connectivity index (χ0) is 13.0. The van der Waals surface area contributed by atoms with Crippen LogP contribution in [-0.2, 0) is 7.05 Å². The summed E-state index contributed by atoms with van der Waals surface area (Å²) >= 11 is 0. The molecule has 92 valence electrons. The lowest BCUT2D eigenvalue weighted by atomic mass is 10.2. The molecule has 2 rings (SSSR count). The molecule has 0 saturated heterocycles. The fraction of sp³-hybridized carbons (Fsp3) is 0.0769. The Balaban J connectivity index is 2.03. The largest absolute Gasteiger partial charge is 0.350 e. The van der Waals surface area contributed by atoms with Gasteiger partial charge in [-0.3, -0.25) is 4.79 Å². The highest BCUT2D eigenvalue weighted by Gasteiger charge is 2.08. The van der Waals surface area contributed by atoms with Gasteiger partial charge in [-0.05, 0) is 24.3 Å². The summed E-state index contributed by atoms with van der Waals surface area (Å²) in [4.78, 5) is 11.6. The fourth-order valence-corrected chi connectivity index (χ4v) is 1.47. The first kappa shape index (κ1) is 12.0. The van der Waals surface area contributed by atoms with Gasteiger partial charge in [0.15, 0.2) is 0 Å². The van der Waals surface area contributed by atoms with E-state index in [0.717, 1.165) is 5.69 Å². The summed E-state index contributed by atoms with van der Waals surface area (Å²) in [5.41, 5.74) is 3.09. The maximum atomic E-state index is 13.3. The van der Waals surface area contributed by atoms with Gasteiger partial charge in [-0.25, -0.2) is 9.82 Å². The highest BCUT2D eigenvalue weighted by molar-refractivity contribution is 5.95. The van der Waals surface area contributed by atoms with Gasteiger partial charge in [0.25, 0.3) is 5.91 Å². The normalized spacial score (nSPS) is 10.8. The predicted octanol–water partition coefficient (Wildman–Crippen LogP) is 1.93. The Labute approximate surface area is 104 Å². The second-order valence-electron chi connectivity index (χ2n) is 3.72. The van der Waals surface area contributed by atoms with E-state index in [-0.39, 0.29) is 5.56 Å². The highest BCUT2D eigenvalue weighted by Crippen LogP contribution is 2.05. The van der Waals surface area contributed by atoms with Crippen molar-refractivity contribution in [1.82, 2.24) is 9.99 Å². The number of hydrazone groups is 1. The SMILES string of the molecule is Cn1cccc1/C=N/NC(=O)c1ccccc1F. The minimum atomic E-state index is -0.571. The summed E-state index contributed by atoms with van der Waals surface area (Å²) in [6.07, 6.45) is 3.36. The molecular weight excluding hydrogens is 233 g/mol. The number of amides is 1. The van der Waals surface area contributed by atoms with Crippen LogP contribution in [0.3, 0.4) is 0 Å². The molecule has 1 aromatic heterocycles. The Kier molecular flexibility index (Phi) is 3.52. The molecule has 0 aliphatic rings. The Hall–Kier alpha value is -2.43. The number of nitrogens with one attached hydrogen (secondary N) is 1. The van der Waals surface area contributed by atoms with E-state index in [1.54, 1.807) is 6.07 Å². The fourth-order valence-electron chi connectivity index (χ4n) is 1.47. The molecule has 0 atom stereocenters. The molecule has 1 N–H and O–H groups in total. The van der Waals surface area contributed by atoms with Gasteiger partial charge >= 0.3 is 0 Å². The molecule has 18 heavy (non-hydrogen) atoms. The number of halogens is 1. The van der Waals surface area contributed by atoms with Gasteiger partial charge in [0.05, 0.1) is 17.5 Å². The van der Waals surface area contributed by atoms with Crippen LogP contribution in [0, 0.1) is 5.82 Å². The quantitative estimate of drug-likeness (QED) is 0.651. The first-order valence-electron chi connectivity index (χ1n) is 5.38. The second-order valence-corrected chi connectivity index (χ2v) is 3.72. The molecule has 4 nitrogen and oxygen atoms in total. The smallest absolute Gasteiger partial charge is 0.274 e. The zero-order valence-corrected chi connectivity index (χ0v) is 9.80. The third-order valence-electron chi connectivity index (χ3n) is 2.47. The maximum absolute atomic E-state index is 13.3. The van der Waals surface area contributed by atoms with Crippen LogP contribution in [0.25, 0.3) is 0 Å². The number of aryl methyl sites for hydroxylation is 1. The molecule has 0 bridgehead atoms. The minimum Gasteiger partial charge on any atom is -0.350 e. The minimum absolute atomic E-state index is 0.0264. The number of carbonyl (C=O) groups excluding carboxylic acids is 1. The van der Waals surface area contributed by atoms with E-state index >= 15 is 0 Å². The molecule has 0 radical (unpaired) electrons. The van der Waals surface area contributed by atoms with E-state index in [1.165, 1.54) is 24.4 Å². The first-order valence-corrected chi connectivity index (χ1v) is 5.38. The molecular formula is C13H12FN3O. The van der Waals surface area contributed by atoms with E-state index in [9.17, 15) is 9.18 Å². The van der Waals surface area contributed by atoms with Crippen LogP contribution in [0.5, 0.6) is 0 Å². The van der Waals surface area contributed by atoms with Crippen LogP contribution in [0.4, 0.5) is 4.39 Å². The van der Waals surface area contributed by atoms with Crippen molar-refractivity contribution in [3.05, 3.63) is 59.7 Å². The van der Waals surface area contributed by atoms with Crippen molar-refractivity contribution in [2.45, 2.75) is 0 Å². The molecule has 0 spiro atoms. The molecule has 0 unspecified atom stereocenters. The highest BCUT2D eigenvalue weighted by atomic mass is 19.1. The third kappa shape index (κ3) is 2.63. The first-order chi connectivity index (χ1) is 8.68. The van der Waals surface area contributed by atoms with Crippen molar-refractivity contribution in [2.24, 2.45) is 12.1 Å². The van der Waals surface area contributed by atoms with Gasteiger partial charge in [-0.15, -0.1) is 0 Å². The standard InChI is InChI=1S/C13H12FN3O/c1-17-8-4-5-10(17)9-15-16-13(18)11-6-2-3-7-12(11)14/h2-9H,1H3,(H,16,18)/b15-9+. The molecule has 2 aromatic rings. The molecule has 5 heteroatoms. The molecule has 0 aliphatic heterocycles. The second kappa shape index (κ2) is 5.27. The van der Waals surface area contributed by atoms with Crippen LogP contribution in [0.1, 0.15) is 16.1 Å². The monoisotopic (exact) mass is 245 g/mol. The number of benzene rings is 1. The molecule has 0 aliphatic carbocycles. The van der Waals surface area contributed by atoms with Crippen LogP contribution in [0.2, 0.25) is 0 Å². The zero-order valence-electron chi connectivity index (χ0n) is 9.80. The summed E-state index contributed by atoms with van der Waals surface area (Å²) in [6, 6.07) is 9.47. The van der Waals surface area contributed by atoms with Crippen molar-refractivity contribution in [3.8, 4) is 0 Å². The number of rotatable bonds is 3. The number of nitrogens with zero attached hydrogens (tertiary/aromatic N) is 2. The Bertz CT molecular complexity index is 589. The Morgan fingerprint density at radius 1 is 1.33 bits per heavy atom. The molecule has 1 heterocycles. The lowest BCUT2D eigenvalue weighted by Crippen LogP contribution is -2.19. The number of hydrogen-bond acceptors (Lipinski definition) is 2. The molecule has 1 amide bonds. The van der Waals surface area contributed by atoms with E-state index in [4.69, 9.17) is 0 Å². The summed E-state index contributed by atoms with van der Waals surface area (Å²) in [5, 5.41) is 3.78. The molecule has 0 fully saturated rings. The van der Waals surface area contributed by atoms with Gasteiger partial charge in [0.1, 0.15) is 5.82 Å². The average molecular weight is 245 g/mol. The molecule has 0 saturated carbocycles. The Morgan fingerprint density at radius 2 is 2.11 bits per heavy atom. The number of hydrogen-bond donors (Lipinski definition) is 1. The maximum Gasteiger partial charge on any atom is 0.274 e. The Morgan fingerprint density at radius 3 is 2.78 bits per heavy atom. The third-order valence-corrected chi connectivity index (χ3v) is 2.47. The van der Waals surface area contributed by atoms with Crippen molar-refractivity contribution in [1.29, 1.82) is 0 Å². The summed E-state index contributed by atoms with van der Waals surface area (Å²) < 4.78 is 15.1. The van der Waals surface area contributed by atoms with Gasteiger partial charge in [0.2, 0.25) is 0 Å². The van der Waals surface area contributed by atoms with E-state index < -0.39 is 11.7 Å². The average Bonchev–Trinajstić information content (AvgIpc) is 2.75. The lowest BCUT2D eigenvalue weighted by molar-refractivity contribution is 0.0951. The van der Waals surface area contributed by atoms with Crippen LogP contribution >= 0.6 is 0 Å². The summed E-state index contributed by atoms with van der Waals surface area (Å²) in [7, 11) is 1.86. The summed E-state index contributed by atoms with van der Waals surface area (Å²) in [6.45, 7) is 0. The molecule has 1 aromatic carbocycles.